The fourth-order valence-electron chi connectivity index (χ4n) is 3.86. The first-order valence-electron chi connectivity index (χ1n) is 11.3. The van der Waals surface area contributed by atoms with Gasteiger partial charge in [0, 0.05) is 37.1 Å². The molecule has 0 aliphatic carbocycles. The number of carbonyl (C=O) groups excluding carboxylic acids is 2. The molecule has 2 amide bonds. The Balaban J connectivity index is 2.10. The summed E-state index contributed by atoms with van der Waals surface area (Å²) < 4.78 is 95.2. The largest absolute Gasteiger partial charge is 0.494 e. The molecular formula is C23H24F6N6O4. The number of alkyl halides is 6. The lowest BCUT2D eigenvalue weighted by molar-refractivity contribution is -0.181. The molecule has 0 fully saturated rings. The standard InChI is InChI=1S/C23H24F6N6O4/c1-5-35(21(37)33-17(8-12(2)36)22(24,25)26)18(23(27,28)29)14-9-13(16(38-3)10-31-14)15-11-34-7-6-30-19(34)20(32-15)39-4/h6-7,9-11,17-18H,5,8H2,1-4H3,(H,33,37). The molecule has 0 aliphatic rings. The summed E-state index contributed by atoms with van der Waals surface area (Å²) in [6.45, 7) is 1.39. The normalized spacial score (nSPS) is 13.6. The molecule has 0 radical (unpaired) electrons. The Morgan fingerprint density at radius 3 is 2.33 bits per heavy atom. The number of nitrogens with zero attached hydrogens (tertiary/aromatic N) is 5. The van der Waals surface area contributed by atoms with E-state index in [4.69, 9.17) is 9.47 Å². The number of fused-ring (bicyclic) bond motifs is 1. The molecule has 212 valence electrons. The molecule has 39 heavy (non-hydrogen) atoms. The fraction of sp³-hybridized carbons (Fsp3) is 0.435. The Labute approximate surface area is 217 Å². The Kier molecular flexibility index (Phi) is 8.55. The van der Waals surface area contributed by atoms with E-state index in [0.29, 0.717) is 5.65 Å². The summed E-state index contributed by atoms with van der Waals surface area (Å²) in [5, 5.41) is 1.51. The molecule has 16 heteroatoms. The van der Waals surface area contributed by atoms with Crippen molar-refractivity contribution in [3.05, 3.63) is 36.5 Å². The van der Waals surface area contributed by atoms with Gasteiger partial charge in [-0.1, -0.05) is 0 Å². The second-order valence-electron chi connectivity index (χ2n) is 8.28. The van der Waals surface area contributed by atoms with Crippen molar-refractivity contribution in [3.63, 3.8) is 0 Å². The summed E-state index contributed by atoms with van der Waals surface area (Å²) in [5.41, 5.74) is -0.241. The first-order chi connectivity index (χ1) is 18.2. The number of hydrogen-bond acceptors (Lipinski definition) is 7. The van der Waals surface area contributed by atoms with Crippen LogP contribution in [-0.2, 0) is 4.79 Å². The summed E-state index contributed by atoms with van der Waals surface area (Å²) in [7, 11) is 2.58. The molecule has 0 spiro atoms. The van der Waals surface area contributed by atoms with Crippen molar-refractivity contribution in [1.82, 2.24) is 29.6 Å². The maximum absolute atomic E-state index is 14.4. The smallest absolute Gasteiger partial charge is 0.414 e. The molecule has 2 unspecified atom stereocenters. The monoisotopic (exact) mass is 562 g/mol. The quantitative estimate of drug-likeness (QED) is 0.386. The molecule has 0 bridgehead atoms. The zero-order valence-corrected chi connectivity index (χ0v) is 21.1. The number of ketones is 1. The van der Waals surface area contributed by atoms with Gasteiger partial charge in [-0.2, -0.15) is 26.3 Å². The average molecular weight is 562 g/mol. The van der Waals surface area contributed by atoms with Gasteiger partial charge in [0.05, 0.1) is 31.8 Å². The Morgan fingerprint density at radius 2 is 1.79 bits per heavy atom. The summed E-state index contributed by atoms with van der Waals surface area (Å²) in [6, 6.07) is -6.13. The number of pyridine rings is 1. The number of aromatic nitrogens is 4. The number of imidazole rings is 1. The summed E-state index contributed by atoms with van der Waals surface area (Å²) >= 11 is 0. The maximum atomic E-state index is 14.4. The number of amides is 2. The number of Topliss-reactive ketones (excluding diaryl/α,β-unsaturated/α-hetero) is 1. The highest BCUT2D eigenvalue weighted by atomic mass is 19.4. The van der Waals surface area contributed by atoms with Crippen molar-refractivity contribution in [2.24, 2.45) is 0 Å². The molecule has 2 atom stereocenters. The van der Waals surface area contributed by atoms with Crippen molar-refractivity contribution in [2.45, 2.75) is 44.7 Å². The molecule has 0 saturated heterocycles. The van der Waals surface area contributed by atoms with Crippen molar-refractivity contribution in [2.75, 3.05) is 20.8 Å². The lowest BCUT2D eigenvalue weighted by Crippen LogP contribution is -2.54. The van der Waals surface area contributed by atoms with Crippen LogP contribution in [0.3, 0.4) is 0 Å². The van der Waals surface area contributed by atoms with Gasteiger partial charge in [0.15, 0.2) is 11.7 Å². The summed E-state index contributed by atoms with van der Waals surface area (Å²) in [5.74, 6) is -0.824. The van der Waals surface area contributed by atoms with E-state index in [1.54, 1.807) is 6.20 Å². The molecule has 10 nitrogen and oxygen atoms in total. The van der Waals surface area contributed by atoms with Crippen molar-refractivity contribution >= 4 is 17.5 Å². The molecule has 3 heterocycles. The highest BCUT2D eigenvalue weighted by molar-refractivity contribution is 5.79. The Hall–Kier alpha value is -4.11. The van der Waals surface area contributed by atoms with Gasteiger partial charge in [-0.15, -0.1) is 0 Å². The van der Waals surface area contributed by atoms with Crippen LogP contribution >= 0.6 is 0 Å². The van der Waals surface area contributed by atoms with E-state index in [1.165, 1.54) is 36.3 Å². The Morgan fingerprint density at radius 1 is 1.10 bits per heavy atom. The van der Waals surface area contributed by atoms with Gasteiger partial charge in [0.25, 0.3) is 5.88 Å². The fourth-order valence-corrected chi connectivity index (χ4v) is 3.86. The number of nitrogens with one attached hydrogen (secondary N) is 1. The molecule has 3 aromatic rings. The van der Waals surface area contributed by atoms with Crippen molar-refractivity contribution in [3.8, 4) is 22.9 Å². The third kappa shape index (κ3) is 6.49. The number of rotatable bonds is 9. The van der Waals surface area contributed by atoms with Crippen molar-refractivity contribution < 1.29 is 45.4 Å². The Bertz CT molecular complexity index is 1340. The van der Waals surface area contributed by atoms with Crippen LogP contribution in [0.15, 0.2) is 30.9 Å². The second kappa shape index (κ2) is 11.3. The topological polar surface area (TPSA) is 111 Å². The first kappa shape index (κ1) is 29.4. The van der Waals surface area contributed by atoms with Crippen molar-refractivity contribution in [1.29, 1.82) is 0 Å². The van der Waals surface area contributed by atoms with Gasteiger partial charge in [-0.25, -0.2) is 14.8 Å². The van der Waals surface area contributed by atoms with E-state index in [2.05, 4.69) is 15.0 Å². The number of hydrogen-bond donors (Lipinski definition) is 1. The SMILES string of the molecule is CCN(C(=O)NC(CC(C)=O)C(F)(F)F)C(c1cc(-c2cn3ccnc3c(OC)n2)c(OC)cn1)C(F)(F)F. The minimum Gasteiger partial charge on any atom is -0.494 e. The van der Waals surface area contributed by atoms with Gasteiger partial charge in [0.2, 0.25) is 0 Å². The highest BCUT2D eigenvalue weighted by Gasteiger charge is 2.49. The van der Waals surface area contributed by atoms with E-state index >= 15 is 0 Å². The van der Waals surface area contributed by atoms with Crippen LogP contribution in [0.25, 0.3) is 16.9 Å². The minimum absolute atomic E-state index is 0.0276. The zero-order chi connectivity index (χ0) is 29.1. The number of carbonyl (C=O) groups is 2. The molecule has 0 aliphatic heterocycles. The third-order valence-electron chi connectivity index (χ3n) is 5.61. The molecule has 3 aromatic heterocycles. The molecule has 3 rings (SSSR count). The average Bonchev–Trinajstić information content (AvgIpc) is 3.33. The first-order valence-corrected chi connectivity index (χ1v) is 11.3. The number of halogens is 6. The number of urea groups is 1. The van der Waals surface area contributed by atoms with E-state index in [-0.39, 0.29) is 27.8 Å². The van der Waals surface area contributed by atoms with Crippen LogP contribution in [-0.4, -0.2) is 75.2 Å². The zero-order valence-electron chi connectivity index (χ0n) is 21.1. The molecule has 0 aromatic carbocycles. The maximum Gasteiger partial charge on any atom is 0.414 e. The summed E-state index contributed by atoms with van der Waals surface area (Å²) in [6.07, 6.45) is -5.92. The van der Waals surface area contributed by atoms with Crippen LogP contribution < -0.4 is 14.8 Å². The number of methoxy groups -OCH3 is 2. The minimum atomic E-state index is -5.15. The third-order valence-corrected chi connectivity index (χ3v) is 5.61. The van der Waals surface area contributed by atoms with Gasteiger partial charge < -0.3 is 24.1 Å². The number of ether oxygens (including phenoxy) is 2. The van der Waals surface area contributed by atoms with Gasteiger partial charge in [0.1, 0.15) is 17.6 Å². The lowest BCUT2D eigenvalue weighted by Gasteiger charge is -2.33. The van der Waals surface area contributed by atoms with Crippen LogP contribution in [0.4, 0.5) is 31.1 Å². The van der Waals surface area contributed by atoms with Crippen LogP contribution in [0, 0.1) is 0 Å². The van der Waals surface area contributed by atoms with Gasteiger partial charge in [-0.05, 0) is 19.9 Å². The highest BCUT2D eigenvalue weighted by Crippen LogP contribution is 2.40. The molecule has 0 saturated carbocycles. The van der Waals surface area contributed by atoms with Gasteiger partial charge >= 0.3 is 18.4 Å². The predicted octanol–water partition coefficient (Wildman–Crippen LogP) is 4.35. The van der Waals surface area contributed by atoms with Crippen LogP contribution in [0.5, 0.6) is 11.6 Å². The van der Waals surface area contributed by atoms with E-state index in [9.17, 15) is 35.9 Å². The van der Waals surface area contributed by atoms with E-state index in [0.717, 1.165) is 26.1 Å². The van der Waals surface area contributed by atoms with Gasteiger partial charge in [-0.3, -0.25) is 9.78 Å². The summed E-state index contributed by atoms with van der Waals surface area (Å²) in [4.78, 5) is 36.4. The second-order valence-corrected chi connectivity index (χ2v) is 8.28. The molecule has 1 N–H and O–H groups in total. The lowest BCUT2D eigenvalue weighted by atomic mass is 10.1. The van der Waals surface area contributed by atoms with E-state index in [1.807, 2.05) is 0 Å². The van der Waals surface area contributed by atoms with Crippen LogP contribution in [0.2, 0.25) is 0 Å². The van der Waals surface area contributed by atoms with Crippen LogP contribution in [0.1, 0.15) is 32.0 Å². The molecular weight excluding hydrogens is 538 g/mol. The van der Waals surface area contributed by atoms with E-state index < -0.39 is 54.9 Å². The predicted molar refractivity (Wildman–Crippen MR) is 124 cm³/mol.